The molecule has 0 radical (unpaired) electrons. The number of aromatic amines is 1. The molecule has 5 heterocycles. The van der Waals surface area contributed by atoms with Gasteiger partial charge in [0.1, 0.15) is 6.10 Å². The topological polar surface area (TPSA) is 118 Å². The number of nitrogens with one attached hydrogen (secondary N) is 4. The number of ether oxygens (including phenoxy) is 3. The molecule has 4 N–H and O–H groups in total. The average Bonchev–Trinajstić information content (AvgIpc) is 3.54. The third kappa shape index (κ3) is 3.05. The molecule has 11 heteroatoms. The van der Waals surface area contributed by atoms with Crippen molar-refractivity contribution in [2.24, 2.45) is 5.10 Å². The van der Waals surface area contributed by atoms with Gasteiger partial charge in [0.15, 0.2) is 17.6 Å². The maximum Gasteiger partial charge on any atom is 0.296 e. The highest BCUT2D eigenvalue weighted by Gasteiger charge is 2.43. The second kappa shape index (κ2) is 7.10. The van der Waals surface area contributed by atoms with Crippen LogP contribution in [0.2, 0.25) is 5.02 Å². The Hall–Kier alpha value is -2.92. The minimum atomic E-state index is -0.184. The number of hydrazine groups is 2. The van der Waals surface area contributed by atoms with Crippen LogP contribution < -0.4 is 21.2 Å². The van der Waals surface area contributed by atoms with E-state index in [1.807, 2.05) is 30.3 Å². The van der Waals surface area contributed by atoms with Crippen LogP contribution >= 0.6 is 11.6 Å². The summed E-state index contributed by atoms with van der Waals surface area (Å²) in [5.74, 6) is 0.703. The number of hydrogen-bond acceptors (Lipinski definition) is 9. The molecule has 0 bridgehead atoms. The average molecular weight is 428 g/mol. The Kier molecular flexibility index (Phi) is 4.23. The van der Waals surface area contributed by atoms with Gasteiger partial charge < -0.3 is 19.2 Å². The molecule has 2 fully saturated rings. The molecule has 154 valence electrons. The number of nitrogens with zero attached hydrogens (tertiary/aromatic N) is 3. The van der Waals surface area contributed by atoms with Gasteiger partial charge in [-0.25, -0.2) is 10.5 Å². The third-order valence-electron chi connectivity index (χ3n) is 5.42. The number of rotatable bonds is 4. The van der Waals surface area contributed by atoms with Crippen LogP contribution in [0.25, 0.3) is 22.4 Å². The maximum atomic E-state index is 6.51. The van der Waals surface area contributed by atoms with Gasteiger partial charge in [0.2, 0.25) is 0 Å². The summed E-state index contributed by atoms with van der Waals surface area (Å²) < 4.78 is 17.5. The summed E-state index contributed by atoms with van der Waals surface area (Å²) in [6.07, 6.45) is 0.781. The summed E-state index contributed by atoms with van der Waals surface area (Å²) in [6, 6.07) is 9.95. The Morgan fingerprint density at radius 2 is 1.97 bits per heavy atom. The van der Waals surface area contributed by atoms with E-state index in [1.165, 1.54) is 0 Å². The lowest BCUT2D eigenvalue weighted by atomic mass is 10.1. The van der Waals surface area contributed by atoms with Gasteiger partial charge in [-0.3, -0.25) is 5.43 Å². The molecule has 0 aliphatic carbocycles. The number of benzene rings is 1. The van der Waals surface area contributed by atoms with Gasteiger partial charge in [-0.15, -0.1) is 10.6 Å². The van der Waals surface area contributed by atoms with E-state index in [9.17, 15) is 0 Å². The molecule has 3 aliphatic rings. The number of imidazole rings is 1. The minimum Gasteiger partial charge on any atom is -0.456 e. The van der Waals surface area contributed by atoms with Crippen molar-refractivity contribution in [3.8, 4) is 17.3 Å². The van der Waals surface area contributed by atoms with Crippen LogP contribution in [0.3, 0.4) is 0 Å². The molecular formula is C19H18ClN7O3. The van der Waals surface area contributed by atoms with Gasteiger partial charge in [0, 0.05) is 17.7 Å². The smallest absolute Gasteiger partial charge is 0.296 e. The molecule has 0 spiro atoms. The van der Waals surface area contributed by atoms with E-state index in [4.69, 9.17) is 25.8 Å². The third-order valence-corrected chi connectivity index (χ3v) is 5.71. The van der Waals surface area contributed by atoms with Crippen molar-refractivity contribution in [1.29, 1.82) is 0 Å². The minimum absolute atomic E-state index is 0.0480. The number of pyridine rings is 1. The lowest BCUT2D eigenvalue weighted by molar-refractivity contribution is 0.0273. The fourth-order valence-electron chi connectivity index (χ4n) is 3.95. The predicted molar refractivity (Wildman–Crippen MR) is 109 cm³/mol. The Morgan fingerprint density at radius 3 is 2.80 bits per heavy atom. The molecule has 0 amide bonds. The van der Waals surface area contributed by atoms with Gasteiger partial charge in [0.05, 0.1) is 28.9 Å². The van der Waals surface area contributed by atoms with Crippen molar-refractivity contribution in [1.82, 2.24) is 31.4 Å². The molecule has 6 rings (SSSR count). The number of H-pyrrole nitrogens is 1. The first-order valence-corrected chi connectivity index (χ1v) is 10.0. The van der Waals surface area contributed by atoms with E-state index in [0.29, 0.717) is 46.9 Å². The molecule has 10 nitrogen and oxygen atoms in total. The largest absolute Gasteiger partial charge is 0.456 e. The number of fused-ring (bicyclic) bond motifs is 2. The molecule has 3 aromatic rings. The van der Waals surface area contributed by atoms with Gasteiger partial charge in [-0.2, -0.15) is 4.98 Å². The number of hydrazone groups is 1. The fourth-order valence-corrected chi connectivity index (χ4v) is 4.21. The predicted octanol–water partition coefficient (Wildman–Crippen LogP) is 1.49. The Morgan fingerprint density at radius 1 is 1.10 bits per heavy atom. The monoisotopic (exact) mass is 427 g/mol. The van der Waals surface area contributed by atoms with Gasteiger partial charge in [-0.1, -0.05) is 35.9 Å². The molecule has 3 atom stereocenters. The molecule has 30 heavy (non-hydrogen) atoms. The van der Waals surface area contributed by atoms with Crippen molar-refractivity contribution in [2.45, 2.75) is 24.7 Å². The summed E-state index contributed by atoms with van der Waals surface area (Å²) in [4.78, 5) is 12.3. The Labute approximate surface area is 175 Å². The Bertz CT molecular complexity index is 1130. The number of halogens is 1. The van der Waals surface area contributed by atoms with Crippen LogP contribution in [0.15, 0.2) is 35.4 Å². The summed E-state index contributed by atoms with van der Waals surface area (Å²) in [5, 5.41) is 4.61. The van der Waals surface area contributed by atoms with E-state index in [-0.39, 0.29) is 18.3 Å². The number of amidine groups is 1. The Balaban J connectivity index is 1.27. The van der Waals surface area contributed by atoms with Crippen molar-refractivity contribution in [3.05, 3.63) is 40.9 Å². The van der Waals surface area contributed by atoms with Crippen LogP contribution in [0.5, 0.6) is 6.01 Å². The lowest BCUT2D eigenvalue weighted by Crippen LogP contribution is -2.35. The van der Waals surface area contributed by atoms with Crippen molar-refractivity contribution < 1.29 is 14.2 Å². The van der Waals surface area contributed by atoms with E-state index in [1.54, 1.807) is 0 Å². The van der Waals surface area contributed by atoms with E-state index in [2.05, 4.69) is 36.5 Å². The zero-order valence-electron chi connectivity index (χ0n) is 15.7. The quantitative estimate of drug-likeness (QED) is 0.494. The lowest BCUT2D eigenvalue weighted by Gasteiger charge is -2.15. The van der Waals surface area contributed by atoms with Crippen LogP contribution in [-0.2, 0) is 9.47 Å². The molecule has 0 saturated carbocycles. The number of aromatic nitrogens is 3. The van der Waals surface area contributed by atoms with E-state index in [0.717, 1.165) is 17.5 Å². The van der Waals surface area contributed by atoms with Crippen LogP contribution in [-0.4, -0.2) is 52.3 Å². The van der Waals surface area contributed by atoms with Gasteiger partial charge >= 0.3 is 0 Å². The number of hydrogen-bond donors (Lipinski definition) is 4. The first-order valence-electron chi connectivity index (χ1n) is 9.65. The molecule has 1 unspecified atom stereocenters. The molecule has 1 aromatic carbocycles. The second-order valence-electron chi connectivity index (χ2n) is 7.28. The maximum absolute atomic E-state index is 6.51. The summed E-state index contributed by atoms with van der Waals surface area (Å²) >= 11 is 6.51. The first-order chi connectivity index (χ1) is 14.7. The zero-order chi connectivity index (χ0) is 20.1. The van der Waals surface area contributed by atoms with Crippen LogP contribution in [0.1, 0.15) is 12.0 Å². The zero-order valence-corrected chi connectivity index (χ0v) is 16.4. The van der Waals surface area contributed by atoms with Crippen molar-refractivity contribution in [3.63, 3.8) is 0 Å². The van der Waals surface area contributed by atoms with Crippen molar-refractivity contribution >= 4 is 28.6 Å². The van der Waals surface area contributed by atoms with Crippen LogP contribution in [0, 0.1) is 0 Å². The molecule has 2 saturated heterocycles. The highest BCUT2D eigenvalue weighted by Crippen LogP contribution is 2.32. The normalized spacial score (nSPS) is 25.1. The second-order valence-corrected chi connectivity index (χ2v) is 7.69. The summed E-state index contributed by atoms with van der Waals surface area (Å²) in [7, 11) is 0. The fraction of sp³-hybridized carbons (Fsp3) is 0.316. The SMILES string of the molecule is Clc1cc2[nH]c(OC3CO[C@@H]4CCO[C@H]34)nc2nc1-c1ccc(C2=NNNN2)cc1. The van der Waals surface area contributed by atoms with Crippen LogP contribution in [0.4, 0.5) is 0 Å². The highest BCUT2D eigenvalue weighted by molar-refractivity contribution is 6.33. The van der Waals surface area contributed by atoms with Gasteiger partial charge in [0.25, 0.3) is 6.01 Å². The summed E-state index contributed by atoms with van der Waals surface area (Å²) in [6.45, 7) is 1.19. The molecule has 2 aromatic heterocycles. The van der Waals surface area contributed by atoms with E-state index >= 15 is 0 Å². The highest BCUT2D eigenvalue weighted by atomic mass is 35.5. The van der Waals surface area contributed by atoms with Crippen molar-refractivity contribution in [2.75, 3.05) is 13.2 Å². The van der Waals surface area contributed by atoms with E-state index < -0.39 is 0 Å². The summed E-state index contributed by atoms with van der Waals surface area (Å²) in [5.41, 5.74) is 12.0. The van der Waals surface area contributed by atoms with Gasteiger partial charge in [-0.05, 0) is 12.5 Å². The standard InChI is InChI=1S/C19H18ClN7O3/c20-11-7-12-18(23-19(21-12)30-14-8-29-13-5-6-28-16(13)14)22-15(11)9-1-3-10(4-2-9)17-24-26-27-25-17/h1-4,7,13-14,16,26-27H,5-6,8H2,(H,24,25)(H,21,22,23)/t13-,14?,16+/m1/s1. The first kappa shape index (κ1) is 17.9. The molecular weight excluding hydrogens is 410 g/mol. The molecule has 3 aliphatic heterocycles.